The predicted octanol–water partition coefficient (Wildman–Crippen LogP) is 6.58. The van der Waals surface area contributed by atoms with Gasteiger partial charge in [0.25, 0.3) is 0 Å². The maximum absolute atomic E-state index is 11.5. The summed E-state index contributed by atoms with van der Waals surface area (Å²) in [6.07, 6.45) is 1.84. The van der Waals surface area contributed by atoms with Crippen LogP contribution in [0.1, 0.15) is 22.6 Å². The summed E-state index contributed by atoms with van der Waals surface area (Å²) in [5.74, 6) is 0.549. The fourth-order valence-electron chi connectivity index (χ4n) is 3.78. The van der Waals surface area contributed by atoms with E-state index in [1.807, 2.05) is 54.7 Å². The minimum absolute atomic E-state index is 0.250. The third-order valence-corrected chi connectivity index (χ3v) is 6.08. The van der Waals surface area contributed by atoms with Crippen molar-refractivity contribution >= 4 is 38.4 Å². The van der Waals surface area contributed by atoms with Gasteiger partial charge in [-0.05, 0) is 63.0 Å². The molecule has 3 aromatic carbocycles. The number of nitrogens with zero attached hydrogens (tertiary/aromatic N) is 1. The quantitative estimate of drug-likeness (QED) is 0.212. The summed E-state index contributed by atoms with van der Waals surface area (Å²) in [7, 11) is 1.55. The number of benzene rings is 3. The Hall–Kier alpha value is -3.03. The topological polar surface area (TPSA) is 77.4 Å². The minimum atomic E-state index is -0.465. The molecule has 8 heteroatoms. The van der Waals surface area contributed by atoms with E-state index >= 15 is 0 Å². The van der Waals surface area contributed by atoms with Gasteiger partial charge in [-0.15, -0.1) is 0 Å². The molecule has 4 rings (SSSR count). The number of H-pyrrole nitrogens is 1. The molecular weight excluding hydrogens is 496 g/mol. The van der Waals surface area contributed by atoms with Crippen molar-refractivity contribution in [3.05, 3.63) is 103 Å². The Labute approximate surface area is 198 Å². The Morgan fingerprint density at radius 1 is 1.16 bits per heavy atom. The van der Waals surface area contributed by atoms with Crippen molar-refractivity contribution in [1.29, 1.82) is 0 Å². The number of aromatic nitrogens is 1. The molecule has 0 saturated heterocycles. The number of methoxy groups -OCH3 is 1. The Bertz CT molecular complexity index is 1270. The van der Waals surface area contributed by atoms with Crippen LogP contribution in [-0.4, -0.2) is 23.6 Å². The maximum atomic E-state index is 11.5. The molecule has 1 heterocycles. The minimum Gasteiger partial charge on any atom is -0.493 e. The number of fused-ring (bicyclic) bond motifs is 1. The smallest absolute Gasteiger partial charge is 0.214 e. The van der Waals surface area contributed by atoms with Gasteiger partial charge >= 0.3 is 0 Å². The second-order valence-corrected chi connectivity index (χ2v) is 8.60. The number of hydrogen-bond acceptors (Lipinski definition) is 4. The van der Waals surface area contributed by atoms with Gasteiger partial charge in [0.1, 0.15) is 6.61 Å². The van der Waals surface area contributed by atoms with E-state index < -0.39 is 5.92 Å². The van der Waals surface area contributed by atoms with Gasteiger partial charge in [-0.25, -0.2) is 0 Å². The van der Waals surface area contributed by atoms with Crippen LogP contribution in [0.3, 0.4) is 0 Å². The summed E-state index contributed by atoms with van der Waals surface area (Å²) in [6.45, 7) is 0.0514. The molecule has 1 atom stereocenters. The van der Waals surface area contributed by atoms with Crippen molar-refractivity contribution in [2.45, 2.75) is 12.5 Å². The largest absolute Gasteiger partial charge is 0.493 e. The first-order valence-corrected chi connectivity index (χ1v) is 11.1. The molecule has 0 bridgehead atoms. The molecule has 6 nitrogen and oxygen atoms in total. The van der Waals surface area contributed by atoms with Crippen LogP contribution in [0.15, 0.2) is 71.3 Å². The Balaban J connectivity index is 1.71. The lowest BCUT2D eigenvalue weighted by atomic mass is 9.90. The molecule has 0 amide bonds. The molecular formula is C24H20BrClN2O4. The molecule has 0 spiro atoms. The lowest BCUT2D eigenvalue weighted by Gasteiger charge is -2.18. The molecule has 1 aromatic heterocycles. The highest BCUT2D eigenvalue weighted by Crippen LogP contribution is 2.41. The van der Waals surface area contributed by atoms with Gasteiger partial charge in [0.2, 0.25) is 6.54 Å². The van der Waals surface area contributed by atoms with Gasteiger partial charge < -0.3 is 14.5 Å². The Morgan fingerprint density at radius 3 is 2.72 bits per heavy atom. The third-order valence-electron chi connectivity index (χ3n) is 5.25. The normalized spacial score (nSPS) is 12.0. The summed E-state index contributed by atoms with van der Waals surface area (Å²) in [5.41, 5.74) is 3.47. The molecule has 0 unspecified atom stereocenters. The van der Waals surface area contributed by atoms with E-state index in [1.165, 1.54) is 0 Å². The molecule has 4 aromatic rings. The molecule has 1 N–H and O–H groups in total. The van der Waals surface area contributed by atoms with Crippen molar-refractivity contribution in [3.63, 3.8) is 0 Å². The second-order valence-electron chi connectivity index (χ2n) is 7.31. The van der Waals surface area contributed by atoms with Gasteiger partial charge in [-0.2, -0.15) is 0 Å². The van der Waals surface area contributed by atoms with Crippen molar-refractivity contribution in [3.8, 4) is 11.5 Å². The molecule has 0 aliphatic heterocycles. The van der Waals surface area contributed by atoms with E-state index in [4.69, 9.17) is 21.1 Å². The number of aromatic amines is 1. The standard InChI is InChI=1S/C24H20BrClN2O4/c1-31-23-11-16(10-21(25)24(23)32-14-15-5-4-6-17(26)9-15)20(13-28(29)30)19-12-27-22-8-3-2-7-18(19)22/h2-12,20,27H,13-14H2,1H3/t20-/m0/s1. The van der Waals surface area contributed by atoms with Crippen LogP contribution in [0.4, 0.5) is 0 Å². The van der Waals surface area contributed by atoms with Gasteiger partial charge in [0.15, 0.2) is 11.5 Å². The molecule has 0 radical (unpaired) electrons. The van der Waals surface area contributed by atoms with E-state index in [1.54, 1.807) is 19.2 Å². The Morgan fingerprint density at radius 2 is 1.97 bits per heavy atom. The van der Waals surface area contributed by atoms with Crippen LogP contribution < -0.4 is 9.47 Å². The lowest BCUT2D eigenvalue weighted by molar-refractivity contribution is -0.481. The van der Waals surface area contributed by atoms with Gasteiger partial charge in [0, 0.05) is 27.0 Å². The highest BCUT2D eigenvalue weighted by molar-refractivity contribution is 9.10. The monoisotopic (exact) mass is 514 g/mol. The van der Waals surface area contributed by atoms with Crippen molar-refractivity contribution in [2.75, 3.05) is 13.7 Å². The van der Waals surface area contributed by atoms with Crippen molar-refractivity contribution in [2.24, 2.45) is 0 Å². The summed E-state index contributed by atoms with van der Waals surface area (Å²) in [4.78, 5) is 14.4. The van der Waals surface area contributed by atoms with Crippen LogP contribution in [0.5, 0.6) is 11.5 Å². The van der Waals surface area contributed by atoms with Crippen molar-refractivity contribution < 1.29 is 14.4 Å². The summed E-state index contributed by atoms with van der Waals surface area (Å²) >= 11 is 9.62. The van der Waals surface area contributed by atoms with Crippen LogP contribution in [-0.2, 0) is 6.61 Å². The molecule has 0 aliphatic carbocycles. The first-order chi connectivity index (χ1) is 15.5. The van der Waals surface area contributed by atoms with Crippen LogP contribution in [0.25, 0.3) is 10.9 Å². The van der Waals surface area contributed by atoms with Crippen LogP contribution in [0.2, 0.25) is 5.02 Å². The summed E-state index contributed by atoms with van der Waals surface area (Å²) in [5, 5.41) is 13.1. The zero-order valence-corrected chi connectivity index (χ0v) is 19.5. The molecule has 0 saturated carbocycles. The fraction of sp³-hybridized carbons (Fsp3) is 0.167. The lowest BCUT2D eigenvalue weighted by Crippen LogP contribution is -2.14. The molecule has 32 heavy (non-hydrogen) atoms. The summed E-state index contributed by atoms with van der Waals surface area (Å²) in [6, 6.07) is 18.8. The second kappa shape index (κ2) is 9.63. The molecule has 0 aliphatic rings. The average Bonchev–Trinajstić information content (AvgIpc) is 3.20. The van der Waals surface area contributed by atoms with Crippen LogP contribution >= 0.6 is 27.5 Å². The highest BCUT2D eigenvalue weighted by Gasteiger charge is 2.26. The summed E-state index contributed by atoms with van der Waals surface area (Å²) < 4.78 is 12.2. The predicted molar refractivity (Wildman–Crippen MR) is 128 cm³/mol. The van der Waals surface area contributed by atoms with E-state index in [0.29, 0.717) is 27.6 Å². The number of ether oxygens (including phenoxy) is 2. The van der Waals surface area contributed by atoms with E-state index in [2.05, 4.69) is 20.9 Å². The van der Waals surface area contributed by atoms with Gasteiger partial charge in [-0.1, -0.05) is 41.9 Å². The van der Waals surface area contributed by atoms with Gasteiger partial charge in [-0.3, -0.25) is 10.1 Å². The SMILES string of the molecule is COc1cc([C@H](C[N+](=O)[O-])c2c[nH]c3ccccc23)cc(Br)c1OCc1cccc(Cl)c1. The molecule has 0 fully saturated rings. The molecule has 164 valence electrons. The average molecular weight is 516 g/mol. The van der Waals surface area contributed by atoms with Crippen molar-refractivity contribution in [1.82, 2.24) is 4.98 Å². The van der Waals surface area contributed by atoms with Gasteiger partial charge in [0.05, 0.1) is 17.5 Å². The van der Waals surface area contributed by atoms with Crippen LogP contribution in [0, 0.1) is 10.1 Å². The fourth-order valence-corrected chi connectivity index (χ4v) is 4.57. The first kappa shape index (κ1) is 22.2. The third kappa shape index (κ3) is 4.74. The van der Waals surface area contributed by atoms with E-state index in [-0.39, 0.29) is 11.5 Å². The highest BCUT2D eigenvalue weighted by atomic mass is 79.9. The Kier molecular flexibility index (Phi) is 6.67. The number of para-hydroxylation sites is 1. The zero-order chi connectivity index (χ0) is 22.7. The number of halogens is 2. The zero-order valence-electron chi connectivity index (χ0n) is 17.2. The number of hydrogen-bond donors (Lipinski definition) is 1. The first-order valence-electron chi connectivity index (χ1n) is 9.88. The maximum Gasteiger partial charge on any atom is 0.214 e. The number of nitro groups is 1. The van der Waals surface area contributed by atoms with E-state index in [0.717, 1.165) is 27.6 Å². The van der Waals surface area contributed by atoms with E-state index in [9.17, 15) is 10.1 Å². The number of rotatable bonds is 8. The number of nitrogens with one attached hydrogen (secondary N) is 1.